The van der Waals surface area contributed by atoms with Crippen LogP contribution in [0.4, 0.5) is 5.82 Å². The average Bonchev–Trinajstić information content (AvgIpc) is 3.61. The zero-order valence-electron chi connectivity index (χ0n) is 24.4. The van der Waals surface area contributed by atoms with Crippen LogP contribution in [0.1, 0.15) is 43.5 Å². The van der Waals surface area contributed by atoms with Crippen molar-refractivity contribution in [1.82, 2.24) is 14.5 Å². The van der Waals surface area contributed by atoms with Crippen molar-refractivity contribution < 1.29 is 26.8 Å². The molecule has 4 aromatic rings. The Balaban J connectivity index is 1.41. The van der Waals surface area contributed by atoms with Gasteiger partial charge in [-0.1, -0.05) is 18.2 Å². The third kappa shape index (κ3) is 4.86. The molecule has 0 amide bonds. The van der Waals surface area contributed by atoms with Crippen molar-refractivity contribution in [2.75, 3.05) is 19.5 Å². The normalized spacial score (nSPS) is 21.6. The fourth-order valence-corrected chi connectivity index (χ4v) is 6.70. The van der Waals surface area contributed by atoms with E-state index in [9.17, 15) is 8.42 Å². The van der Waals surface area contributed by atoms with E-state index in [-0.39, 0.29) is 17.0 Å². The first-order chi connectivity index (χ1) is 20.0. The number of hydrogen-bond acceptors (Lipinski definition) is 9. The van der Waals surface area contributed by atoms with Crippen LogP contribution in [-0.4, -0.2) is 55.2 Å². The van der Waals surface area contributed by atoms with Gasteiger partial charge >= 0.3 is 0 Å². The van der Waals surface area contributed by atoms with E-state index in [1.54, 1.807) is 31.6 Å². The van der Waals surface area contributed by atoms with Crippen LogP contribution in [0.2, 0.25) is 0 Å². The van der Waals surface area contributed by atoms with E-state index in [2.05, 4.69) is 19.9 Å². The average molecular weight is 591 g/mol. The van der Waals surface area contributed by atoms with Crippen molar-refractivity contribution in [3.63, 3.8) is 0 Å². The first kappa shape index (κ1) is 28.4. The molecule has 3 heterocycles. The topological polar surface area (TPSA) is 114 Å². The quantitative estimate of drug-likeness (QED) is 0.275. The Labute approximate surface area is 245 Å². The monoisotopic (exact) mass is 590 g/mol. The number of nitrogens with one attached hydrogen (secondary N) is 1. The molecule has 2 aromatic heterocycles. The van der Waals surface area contributed by atoms with Gasteiger partial charge in [-0.05, 0) is 85.9 Å². The Kier molecular flexibility index (Phi) is 7.09. The van der Waals surface area contributed by atoms with Gasteiger partial charge in [0.05, 0.1) is 30.5 Å². The SMILES string of the molecule is COc1ccc(CNc2ncnc3c2ccn3[C@@H]2C(C)=C(c3cc(S(=O)(=O)OC)ccc3C)[C@H]3OC(C)(C)O[C@H]32)cc1. The van der Waals surface area contributed by atoms with Crippen LogP contribution < -0.4 is 10.1 Å². The Morgan fingerprint density at radius 3 is 2.50 bits per heavy atom. The lowest BCUT2D eigenvalue weighted by atomic mass is 9.96. The molecule has 10 nitrogen and oxygen atoms in total. The van der Waals surface area contributed by atoms with E-state index in [4.69, 9.17) is 18.4 Å². The maximum atomic E-state index is 12.6. The summed E-state index contributed by atoms with van der Waals surface area (Å²) in [5.41, 5.74) is 5.49. The number of benzene rings is 2. The number of nitrogens with zero attached hydrogens (tertiary/aromatic N) is 3. The molecule has 1 aliphatic heterocycles. The van der Waals surface area contributed by atoms with E-state index in [1.807, 2.05) is 64.2 Å². The van der Waals surface area contributed by atoms with E-state index < -0.39 is 22.0 Å². The van der Waals surface area contributed by atoms with Crippen LogP contribution in [0.25, 0.3) is 16.6 Å². The van der Waals surface area contributed by atoms with Crippen molar-refractivity contribution in [3.05, 3.63) is 83.3 Å². The van der Waals surface area contributed by atoms with Gasteiger partial charge in [-0.25, -0.2) is 9.97 Å². The molecule has 2 aromatic carbocycles. The molecule has 2 aliphatic rings. The van der Waals surface area contributed by atoms with Gasteiger partial charge < -0.3 is 24.1 Å². The van der Waals surface area contributed by atoms with Gasteiger partial charge in [-0.15, -0.1) is 0 Å². The first-order valence-corrected chi connectivity index (χ1v) is 15.1. The molecule has 11 heteroatoms. The summed E-state index contributed by atoms with van der Waals surface area (Å²) >= 11 is 0. The molecule has 0 saturated carbocycles. The minimum absolute atomic E-state index is 0.0933. The van der Waals surface area contributed by atoms with Crippen molar-refractivity contribution in [2.24, 2.45) is 0 Å². The van der Waals surface area contributed by atoms with Crippen LogP contribution in [-0.2, 0) is 30.3 Å². The highest BCUT2D eigenvalue weighted by Gasteiger charge is 2.53. The van der Waals surface area contributed by atoms with Gasteiger partial charge in [-0.3, -0.25) is 4.18 Å². The molecular formula is C31H34N4O6S. The number of aromatic nitrogens is 3. The van der Waals surface area contributed by atoms with Crippen molar-refractivity contribution in [1.29, 1.82) is 0 Å². The van der Waals surface area contributed by atoms with Crippen LogP contribution in [0.3, 0.4) is 0 Å². The number of fused-ring (bicyclic) bond motifs is 2. The smallest absolute Gasteiger partial charge is 0.296 e. The Hall–Kier alpha value is -3.77. The zero-order chi connectivity index (χ0) is 29.8. The second kappa shape index (κ2) is 10.5. The van der Waals surface area contributed by atoms with Crippen molar-refractivity contribution in [3.8, 4) is 5.75 Å². The lowest BCUT2D eigenvalue weighted by Crippen LogP contribution is -2.28. The Morgan fingerprint density at radius 2 is 1.79 bits per heavy atom. The molecular weight excluding hydrogens is 556 g/mol. The number of hydrogen-bond donors (Lipinski definition) is 1. The van der Waals surface area contributed by atoms with Crippen LogP contribution >= 0.6 is 0 Å². The van der Waals surface area contributed by atoms with Crippen LogP contribution in [0, 0.1) is 6.92 Å². The highest BCUT2D eigenvalue weighted by molar-refractivity contribution is 7.86. The fraction of sp³-hybridized carbons (Fsp3) is 0.355. The van der Waals surface area contributed by atoms with Crippen LogP contribution in [0.15, 0.2) is 71.5 Å². The van der Waals surface area contributed by atoms with E-state index in [1.165, 1.54) is 0 Å². The summed E-state index contributed by atoms with van der Waals surface area (Å²) in [4.78, 5) is 9.28. The van der Waals surface area contributed by atoms with Crippen LogP contribution in [0.5, 0.6) is 5.75 Å². The predicted octanol–water partition coefficient (Wildman–Crippen LogP) is 5.24. The molecule has 0 bridgehead atoms. The van der Waals surface area contributed by atoms with Crippen molar-refractivity contribution in [2.45, 2.75) is 63.2 Å². The highest BCUT2D eigenvalue weighted by atomic mass is 32.2. The maximum absolute atomic E-state index is 12.6. The van der Waals surface area contributed by atoms with Gasteiger partial charge in [-0.2, -0.15) is 8.42 Å². The summed E-state index contributed by atoms with van der Waals surface area (Å²) in [6, 6.07) is 14.7. The molecule has 220 valence electrons. The van der Waals surface area contributed by atoms with Gasteiger partial charge in [0.1, 0.15) is 35.7 Å². The molecule has 1 fully saturated rings. The highest BCUT2D eigenvalue weighted by Crippen LogP contribution is 2.51. The summed E-state index contributed by atoms with van der Waals surface area (Å²) in [5.74, 6) is 0.705. The predicted molar refractivity (Wildman–Crippen MR) is 159 cm³/mol. The summed E-state index contributed by atoms with van der Waals surface area (Å²) in [5, 5.41) is 4.32. The minimum Gasteiger partial charge on any atom is -0.497 e. The number of methoxy groups -OCH3 is 1. The second-order valence-electron chi connectivity index (χ2n) is 11.0. The molecule has 3 atom stereocenters. The fourth-order valence-electron chi connectivity index (χ4n) is 6.01. The summed E-state index contributed by atoms with van der Waals surface area (Å²) in [6.45, 7) is 8.38. The van der Waals surface area contributed by atoms with Gasteiger partial charge in [0.15, 0.2) is 5.79 Å². The lowest BCUT2D eigenvalue weighted by Gasteiger charge is -2.25. The van der Waals surface area contributed by atoms with Gasteiger partial charge in [0.25, 0.3) is 10.1 Å². The molecule has 1 saturated heterocycles. The molecule has 1 aliphatic carbocycles. The summed E-state index contributed by atoms with van der Waals surface area (Å²) < 4.78 is 50.3. The standard InChI is InChI=1S/C31H34N4O6S/c1-18-7-12-22(42(36,37)39-6)15-24(18)25-19(2)26(28-27(25)40-31(3,4)41-28)35-14-13-23-29(33-17-34-30(23)35)32-16-20-8-10-21(38-5)11-9-20/h7-15,17,26-28H,16H2,1-6H3,(H,32,33,34)/t26-,27-,28+/m1/s1. The molecule has 0 radical (unpaired) electrons. The summed E-state index contributed by atoms with van der Waals surface area (Å²) in [6.07, 6.45) is 2.80. The van der Waals surface area contributed by atoms with Crippen molar-refractivity contribution >= 4 is 32.5 Å². The zero-order valence-corrected chi connectivity index (χ0v) is 25.2. The molecule has 0 unspecified atom stereocenters. The first-order valence-electron chi connectivity index (χ1n) is 13.7. The number of rotatable bonds is 8. The molecule has 0 spiro atoms. The summed E-state index contributed by atoms with van der Waals surface area (Å²) in [7, 11) is -1.07. The van der Waals surface area contributed by atoms with E-state index in [0.717, 1.165) is 57.5 Å². The third-order valence-electron chi connectivity index (χ3n) is 8.03. The molecule has 6 rings (SSSR count). The number of aryl methyl sites for hydroxylation is 1. The lowest BCUT2D eigenvalue weighted by molar-refractivity contribution is -0.146. The minimum atomic E-state index is -3.88. The largest absolute Gasteiger partial charge is 0.497 e. The Bertz CT molecular complexity index is 1800. The third-order valence-corrected chi connectivity index (χ3v) is 9.30. The molecule has 42 heavy (non-hydrogen) atoms. The van der Waals surface area contributed by atoms with Gasteiger partial charge in [0.2, 0.25) is 0 Å². The second-order valence-corrected chi connectivity index (χ2v) is 12.8. The Morgan fingerprint density at radius 1 is 1.02 bits per heavy atom. The van der Waals surface area contributed by atoms with E-state index in [0.29, 0.717) is 6.54 Å². The number of ether oxygens (including phenoxy) is 3. The number of anilines is 1. The maximum Gasteiger partial charge on any atom is 0.296 e. The van der Waals surface area contributed by atoms with Gasteiger partial charge in [0, 0.05) is 12.7 Å². The molecule has 1 N–H and O–H groups in total. The van der Waals surface area contributed by atoms with E-state index >= 15 is 0 Å².